The molecule has 0 aliphatic heterocycles. The Bertz CT molecular complexity index is 620. The van der Waals surface area contributed by atoms with Gasteiger partial charge in [-0.25, -0.2) is 4.39 Å². The van der Waals surface area contributed by atoms with Crippen molar-refractivity contribution in [2.45, 2.75) is 50.9 Å². The van der Waals surface area contributed by atoms with Gasteiger partial charge >= 0.3 is 0 Å². The highest BCUT2D eigenvalue weighted by Gasteiger charge is 2.42. The molecule has 2 atom stereocenters. The zero-order valence-corrected chi connectivity index (χ0v) is 13.7. The number of hydrogen-bond acceptors (Lipinski definition) is 1. The molecule has 0 radical (unpaired) electrons. The van der Waals surface area contributed by atoms with E-state index in [0.29, 0.717) is 18.1 Å². The van der Waals surface area contributed by atoms with Crippen LogP contribution in [0.15, 0.2) is 36.4 Å². The second kappa shape index (κ2) is 6.86. The second-order valence-electron chi connectivity index (χ2n) is 6.52. The van der Waals surface area contributed by atoms with Crippen LogP contribution in [0.4, 0.5) is 8.78 Å². The van der Waals surface area contributed by atoms with Gasteiger partial charge in [0.25, 0.3) is 0 Å². The highest BCUT2D eigenvalue weighted by Crippen LogP contribution is 2.49. The van der Waals surface area contributed by atoms with Crippen LogP contribution in [0.2, 0.25) is 0 Å². The zero-order valence-electron chi connectivity index (χ0n) is 13.7. The molecule has 3 rings (SSSR count). The molecule has 0 fully saturated rings. The van der Waals surface area contributed by atoms with E-state index in [9.17, 15) is 8.78 Å². The summed E-state index contributed by atoms with van der Waals surface area (Å²) in [5, 5.41) is 0. The van der Waals surface area contributed by atoms with Gasteiger partial charge in [-0.1, -0.05) is 30.4 Å². The fraction of sp³-hybridized carbons (Fsp3) is 0.500. The van der Waals surface area contributed by atoms with Crippen LogP contribution in [0.25, 0.3) is 0 Å². The van der Waals surface area contributed by atoms with E-state index in [2.05, 4.69) is 24.3 Å². The lowest BCUT2D eigenvalue weighted by Crippen LogP contribution is -2.38. The Morgan fingerprint density at radius 2 is 1.91 bits per heavy atom. The van der Waals surface area contributed by atoms with E-state index in [0.717, 1.165) is 38.5 Å². The van der Waals surface area contributed by atoms with Crippen molar-refractivity contribution in [3.05, 3.63) is 53.6 Å². The summed E-state index contributed by atoms with van der Waals surface area (Å²) in [4.78, 5) is 0. The molecular formula is C20H24F2O. The molecule has 0 N–H and O–H groups in total. The second-order valence-corrected chi connectivity index (χ2v) is 6.52. The minimum Gasteiger partial charge on any atom is -0.491 e. The van der Waals surface area contributed by atoms with Crippen molar-refractivity contribution in [2.75, 3.05) is 6.61 Å². The van der Waals surface area contributed by atoms with Crippen molar-refractivity contribution in [1.82, 2.24) is 0 Å². The maximum Gasteiger partial charge on any atom is 0.200 e. The summed E-state index contributed by atoms with van der Waals surface area (Å²) in [6, 6.07) is 3.34. The van der Waals surface area contributed by atoms with Crippen LogP contribution in [0, 0.1) is 17.6 Å². The third-order valence-corrected chi connectivity index (χ3v) is 5.34. The van der Waals surface area contributed by atoms with Crippen LogP contribution in [0.1, 0.15) is 51.0 Å². The monoisotopic (exact) mass is 318 g/mol. The Morgan fingerprint density at radius 1 is 1.09 bits per heavy atom. The minimum absolute atomic E-state index is 0.0128. The maximum absolute atomic E-state index is 14.9. The molecule has 0 saturated heterocycles. The number of benzene rings is 1. The van der Waals surface area contributed by atoms with E-state index in [4.69, 9.17) is 4.74 Å². The van der Waals surface area contributed by atoms with Crippen molar-refractivity contribution in [2.24, 2.45) is 5.92 Å². The van der Waals surface area contributed by atoms with E-state index >= 15 is 0 Å². The van der Waals surface area contributed by atoms with Gasteiger partial charge in [0.1, 0.15) is 0 Å². The topological polar surface area (TPSA) is 9.23 Å². The molecule has 0 heterocycles. The first-order valence-corrected chi connectivity index (χ1v) is 8.60. The fourth-order valence-corrected chi connectivity index (χ4v) is 4.17. The van der Waals surface area contributed by atoms with E-state index in [-0.39, 0.29) is 11.2 Å². The average Bonchev–Trinajstić information content (AvgIpc) is 2.61. The van der Waals surface area contributed by atoms with Gasteiger partial charge in [0, 0.05) is 5.41 Å². The highest BCUT2D eigenvalue weighted by molar-refractivity contribution is 5.38. The summed E-state index contributed by atoms with van der Waals surface area (Å²) >= 11 is 0. The van der Waals surface area contributed by atoms with Gasteiger partial charge in [0.05, 0.1) is 6.61 Å². The summed E-state index contributed by atoms with van der Waals surface area (Å²) in [6.45, 7) is 2.10. The number of allylic oxidation sites excluding steroid dienone is 4. The average molecular weight is 318 g/mol. The molecule has 1 aromatic carbocycles. The normalized spacial score (nSPS) is 27.2. The molecule has 3 heteroatoms. The standard InChI is InChI=1S/C20H24F2O/c1-2-23-17-12-11-16(18(21)19(17)22)20(13-7-4-8-14-20)15-9-5-3-6-10-15/h3-5,7,11-12,15H,2,6,8-10,13-14H2,1H3. The van der Waals surface area contributed by atoms with E-state index in [1.807, 2.05) is 0 Å². The largest absolute Gasteiger partial charge is 0.491 e. The zero-order chi connectivity index (χ0) is 16.3. The number of ether oxygens (including phenoxy) is 1. The van der Waals surface area contributed by atoms with Gasteiger partial charge in [-0.05, 0) is 63.0 Å². The Hall–Kier alpha value is -1.64. The molecule has 0 saturated carbocycles. The Morgan fingerprint density at radius 3 is 2.57 bits per heavy atom. The lowest BCUT2D eigenvalue weighted by Gasteiger charge is -2.43. The summed E-state index contributed by atoms with van der Waals surface area (Å²) in [5.41, 5.74) is 0.234. The lowest BCUT2D eigenvalue weighted by molar-refractivity contribution is 0.216. The molecule has 1 aromatic rings. The molecule has 1 nitrogen and oxygen atoms in total. The lowest BCUT2D eigenvalue weighted by atomic mass is 9.60. The number of halogens is 2. The van der Waals surface area contributed by atoms with Gasteiger partial charge in [0.15, 0.2) is 11.6 Å². The van der Waals surface area contributed by atoms with E-state index in [1.54, 1.807) is 19.1 Å². The van der Waals surface area contributed by atoms with Gasteiger partial charge in [0.2, 0.25) is 5.82 Å². The predicted molar refractivity (Wildman–Crippen MR) is 88.7 cm³/mol. The molecule has 2 unspecified atom stereocenters. The van der Waals surface area contributed by atoms with Crippen molar-refractivity contribution in [1.29, 1.82) is 0 Å². The molecule has 0 amide bonds. The van der Waals surface area contributed by atoms with Crippen molar-refractivity contribution >= 4 is 0 Å². The fourth-order valence-electron chi connectivity index (χ4n) is 4.17. The third-order valence-electron chi connectivity index (χ3n) is 5.34. The van der Waals surface area contributed by atoms with Gasteiger partial charge in [-0.15, -0.1) is 0 Å². The van der Waals surface area contributed by atoms with Crippen LogP contribution >= 0.6 is 0 Å². The Labute approximate surface area is 137 Å². The maximum atomic E-state index is 14.9. The molecule has 0 aromatic heterocycles. The van der Waals surface area contributed by atoms with Crippen LogP contribution < -0.4 is 4.74 Å². The summed E-state index contributed by atoms with van der Waals surface area (Å²) in [5.74, 6) is -1.19. The minimum atomic E-state index is -0.843. The van der Waals surface area contributed by atoms with Crippen LogP contribution in [0.5, 0.6) is 5.75 Å². The highest BCUT2D eigenvalue weighted by atomic mass is 19.2. The molecule has 0 spiro atoms. The summed E-state index contributed by atoms with van der Waals surface area (Å²) < 4.78 is 34.5. The van der Waals surface area contributed by atoms with Crippen LogP contribution in [-0.2, 0) is 5.41 Å². The molecule has 23 heavy (non-hydrogen) atoms. The molecule has 2 aliphatic carbocycles. The molecule has 2 aliphatic rings. The van der Waals surface area contributed by atoms with Crippen molar-refractivity contribution in [3.63, 3.8) is 0 Å². The first-order chi connectivity index (χ1) is 11.2. The predicted octanol–water partition coefficient (Wildman–Crippen LogP) is 5.70. The van der Waals surface area contributed by atoms with Crippen LogP contribution in [0.3, 0.4) is 0 Å². The number of hydrogen-bond donors (Lipinski definition) is 0. The molecule has 0 bridgehead atoms. The molecular weight excluding hydrogens is 294 g/mol. The summed E-state index contributed by atoms with van der Waals surface area (Å²) in [7, 11) is 0. The van der Waals surface area contributed by atoms with Crippen LogP contribution in [-0.4, -0.2) is 6.61 Å². The van der Waals surface area contributed by atoms with Crippen molar-refractivity contribution < 1.29 is 13.5 Å². The first kappa shape index (κ1) is 16.2. The SMILES string of the molecule is CCOc1ccc(C2(C3CC=CCC3)CC=CCC2)c(F)c1F. The van der Waals surface area contributed by atoms with Gasteiger partial charge < -0.3 is 4.74 Å². The first-order valence-electron chi connectivity index (χ1n) is 8.60. The van der Waals surface area contributed by atoms with E-state index in [1.165, 1.54) is 0 Å². The Balaban J connectivity index is 2.05. The van der Waals surface area contributed by atoms with Gasteiger partial charge in [-0.3, -0.25) is 0 Å². The smallest absolute Gasteiger partial charge is 0.200 e. The van der Waals surface area contributed by atoms with E-state index < -0.39 is 11.6 Å². The number of rotatable bonds is 4. The van der Waals surface area contributed by atoms with Crippen molar-refractivity contribution in [3.8, 4) is 5.75 Å². The molecule has 124 valence electrons. The summed E-state index contributed by atoms with van der Waals surface area (Å²) in [6.07, 6.45) is 14.3. The quantitative estimate of drug-likeness (QED) is 0.647. The Kier molecular flexibility index (Phi) is 4.84. The third kappa shape index (κ3) is 2.93. The van der Waals surface area contributed by atoms with Gasteiger partial charge in [-0.2, -0.15) is 4.39 Å².